The van der Waals surface area contributed by atoms with Crippen molar-refractivity contribution in [3.05, 3.63) is 33.8 Å². The Labute approximate surface area is 179 Å². The number of oxime groups is 1. The Morgan fingerprint density at radius 2 is 1.79 bits per heavy atom. The minimum atomic E-state index is 0.0527. The summed E-state index contributed by atoms with van der Waals surface area (Å²) >= 11 is 11.2. The number of unbranched alkanes of at least 4 members (excludes halogenated alkanes) is 2. The molecule has 0 N–H and O–H groups in total. The first-order chi connectivity index (χ1) is 13.2. The van der Waals surface area contributed by atoms with E-state index in [0.717, 1.165) is 48.3 Å². The minimum absolute atomic E-state index is 0.0527. The molecule has 0 aliphatic rings. The normalized spacial score (nSPS) is 11.5. The van der Waals surface area contributed by atoms with Crippen molar-refractivity contribution in [3.63, 3.8) is 0 Å². The Morgan fingerprint density at radius 1 is 1.07 bits per heavy atom. The summed E-state index contributed by atoms with van der Waals surface area (Å²) < 4.78 is 11.9. The molecule has 0 aliphatic heterocycles. The van der Waals surface area contributed by atoms with Gasteiger partial charge in [-0.3, -0.25) is 0 Å². The summed E-state index contributed by atoms with van der Waals surface area (Å²) in [5.74, 6) is 1.74. The number of nitrogens with zero attached hydrogens (tertiary/aromatic N) is 1. The summed E-state index contributed by atoms with van der Waals surface area (Å²) in [5.41, 5.74) is 2.25. The topological polar surface area (TPSA) is 40.0 Å². The summed E-state index contributed by atoms with van der Waals surface area (Å²) in [4.78, 5) is 5.28. The zero-order valence-electron chi connectivity index (χ0n) is 17.7. The third-order valence-electron chi connectivity index (χ3n) is 3.83. The highest BCUT2D eigenvalue weighted by Crippen LogP contribution is 2.30. The van der Waals surface area contributed by atoms with Gasteiger partial charge >= 0.3 is 0 Å². The lowest BCUT2D eigenvalue weighted by Gasteiger charge is -2.15. The van der Waals surface area contributed by atoms with Crippen LogP contribution in [0, 0.1) is 12.3 Å². The van der Waals surface area contributed by atoms with Crippen molar-refractivity contribution in [2.75, 3.05) is 19.8 Å². The van der Waals surface area contributed by atoms with Gasteiger partial charge in [0.25, 0.3) is 0 Å². The second kappa shape index (κ2) is 12.9. The van der Waals surface area contributed by atoms with Crippen LogP contribution >= 0.6 is 23.2 Å². The van der Waals surface area contributed by atoms with Crippen LogP contribution in [-0.4, -0.2) is 26.0 Å². The highest BCUT2D eigenvalue weighted by molar-refractivity contribution is 6.55. The fourth-order valence-corrected chi connectivity index (χ4v) is 2.56. The van der Waals surface area contributed by atoms with E-state index in [1.54, 1.807) is 6.08 Å². The third kappa shape index (κ3) is 10.8. The molecule has 0 saturated carbocycles. The first-order valence-electron chi connectivity index (χ1n) is 9.79. The summed E-state index contributed by atoms with van der Waals surface area (Å²) in [6.45, 7) is 12.1. The lowest BCUT2D eigenvalue weighted by molar-refractivity contribution is 0.137. The number of hydrogen-bond acceptors (Lipinski definition) is 4. The molecule has 0 fully saturated rings. The highest BCUT2D eigenvalue weighted by atomic mass is 35.5. The van der Waals surface area contributed by atoms with Gasteiger partial charge in [-0.15, -0.1) is 0 Å². The molecule has 0 saturated heterocycles. The van der Waals surface area contributed by atoms with Crippen LogP contribution in [0.15, 0.2) is 27.9 Å². The number of ether oxygens (including phenoxy) is 2. The second-order valence-electron chi connectivity index (χ2n) is 7.73. The first-order valence-corrected chi connectivity index (χ1v) is 10.5. The molecule has 6 heteroatoms. The summed E-state index contributed by atoms with van der Waals surface area (Å²) in [6, 6.07) is 3.99. The molecule has 1 aromatic rings. The van der Waals surface area contributed by atoms with Gasteiger partial charge in [-0.2, -0.15) is 0 Å². The van der Waals surface area contributed by atoms with Gasteiger partial charge in [0.15, 0.2) is 0 Å². The maximum atomic E-state index is 6.05. The fourth-order valence-electron chi connectivity index (χ4n) is 2.43. The molecule has 0 spiro atoms. The van der Waals surface area contributed by atoms with Gasteiger partial charge in [0.2, 0.25) is 0 Å². The number of halogens is 2. The molecule has 0 heterocycles. The van der Waals surface area contributed by atoms with E-state index < -0.39 is 0 Å². The number of rotatable bonds is 12. The second-order valence-corrected chi connectivity index (χ2v) is 8.74. The van der Waals surface area contributed by atoms with Crippen molar-refractivity contribution >= 4 is 29.4 Å². The van der Waals surface area contributed by atoms with Crippen LogP contribution in [0.1, 0.15) is 58.1 Å². The first kappa shape index (κ1) is 24.6. The van der Waals surface area contributed by atoms with Crippen LogP contribution < -0.4 is 9.47 Å². The molecule has 0 aliphatic carbocycles. The molecule has 1 aromatic carbocycles. The van der Waals surface area contributed by atoms with E-state index in [9.17, 15) is 0 Å². The largest absolute Gasteiger partial charge is 0.493 e. The lowest BCUT2D eigenvalue weighted by Crippen LogP contribution is -2.06. The minimum Gasteiger partial charge on any atom is -0.493 e. The Balaban J connectivity index is 2.39. The maximum Gasteiger partial charge on any atom is 0.125 e. The summed E-state index contributed by atoms with van der Waals surface area (Å²) in [7, 11) is 0. The van der Waals surface area contributed by atoms with Crippen molar-refractivity contribution < 1.29 is 14.3 Å². The van der Waals surface area contributed by atoms with Crippen molar-refractivity contribution in [1.82, 2.24) is 0 Å². The van der Waals surface area contributed by atoms with Crippen LogP contribution in [0.25, 0.3) is 0 Å². The summed E-state index contributed by atoms with van der Waals surface area (Å²) in [5, 5.41) is 4.00. The molecule has 0 bridgehead atoms. The molecular weight excluding hydrogens is 397 g/mol. The molecule has 0 amide bonds. The van der Waals surface area contributed by atoms with Gasteiger partial charge in [0.1, 0.15) is 29.2 Å². The van der Waals surface area contributed by atoms with Crippen LogP contribution in [0.3, 0.4) is 0 Å². The van der Waals surface area contributed by atoms with E-state index in [-0.39, 0.29) is 9.91 Å². The highest BCUT2D eigenvalue weighted by Gasteiger charge is 2.09. The van der Waals surface area contributed by atoms with Gasteiger partial charge in [0, 0.05) is 11.6 Å². The molecule has 158 valence electrons. The van der Waals surface area contributed by atoms with E-state index in [2.05, 4.69) is 32.9 Å². The lowest BCUT2D eigenvalue weighted by atomic mass is 10.00. The smallest absolute Gasteiger partial charge is 0.125 e. The van der Waals surface area contributed by atoms with E-state index in [0.29, 0.717) is 19.8 Å². The monoisotopic (exact) mass is 429 g/mol. The average molecular weight is 430 g/mol. The van der Waals surface area contributed by atoms with Gasteiger partial charge in [-0.1, -0.05) is 56.1 Å². The van der Waals surface area contributed by atoms with Crippen molar-refractivity contribution in [2.45, 2.75) is 60.3 Å². The zero-order valence-corrected chi connectivity index (χ0v) is 19.2. The van der Waals surface area contributed by atoms with E-state index >= 15 is 0 Å². The predicted molar refractivity (Wildman–Crippen MR) is 119 cm³/mol. The van der Waals surface area contributed by atoms with Crippen LogP contribution in [0.4, 0.5) is 0 Å². The van der Waals surface area contributed by atoms with Crippen molar-refractivity contribution in [2.24, 2.45) is 10.6 Å². The van der Waals surface area contributed by atoms with E-state index in [1.807, 2.05) is 25.3 Å². The molecule has 4 nitrogen and oxygen atoms in total. The molecule has 1 rings (SSSR count). The van der Waals surface area contributed by atoms with Gasteiger partial charge in [-0.05, 0) is 61.9 Å². The van der Waals surface area contributed by atoms with Crippen LogP contribution in [-0.2, 0) is 11.3 Å². The predicted octanol–water partition coefficient (Wildman–Crippen LogP) is 6.85. The Kier molecular flexibility index (Phi) is 11.4. The molecule has 0 atom stereocenters. The molecule has 28 heavy (non-hydrogen) atoms. The molecule has 0 aromatic heterocycles. The molecule has 0 radical (unpaired) electrons. The fraction of sp³-hybridized carbons (Fsp3) is 0.591. The number of hydrogen-bond donors (Lipinski definition) is 0. The van der Waals surface area contributed by atoms with Crippen molar-refractivity contribution in [3.8, 4) is 11.5 Å². The third-order valence-corrected chi connectivity index (χ3v) is 4.14. The van der Waals surface area contributed by atoms with Crippen molar-refractivity contribution in [1.29, 1.82) is 0 Å². The Morgan fingerprint density at radius 3 is 2.43 bits per heavy atom. The van der Waals surface area contributed by atoms with Gasteiger partial charge in [0.05, 0.1) is 6.61 Å². The van der Waals surface area contributed by atoms with E-state index in [4.69, 9.17) is 37.5 Å². The van der Waals surface area contributed by atoms with Crippen LogP contribution in [0.2, 0.25) is 0 Å². The molecular formula is C22H33Cl2NO3. The zero-order chi connectivity index (χ0) is 21.0. The summed E-state index contributed by atoms with van der Waals surface area (Å²) in [6.07, 6.45) is 7.31. The number of aryl methyl sites for hydroxylation is 2. The van der Waals surface area contributed by atoms with E-state index in [1.165, 1.54) is 0 Å². The Bertz CT molecular complexity index is 648. The van der Waals surface area contributed by atoms with Gasteiger partial charge < -0.3 is 14.3 Å². The average Bonchev–Trinajstić information content (AvgIpc) is 2.60. The number of benzene rings is 1. The Hall–Kier alpha value is -1.39. The maximum absolute atomic E-state index is 6.05. The molecule has 0 unspecified atom stereocenters. The van der Waals surface area contributed by atoms with Crippen LogP contribution in [0.5, 0.6) is 11.5 Å². The quantitative estimate of drug-likeness (QED) is 0.207. The van der Waals surface area contributed by atoms with Gasteiger partial charge in [-0.25, -0.2) is 0 Å². The standard InChI is InChI=1S/C22H33Cl2NO3/c1-6-18-15-19(26-13-10-20(23)24)14-17(2)21(18)27-11-8-7-9-12-28-25-16-22(3,4)5/h10,14-16H,6-9,11-13H2,1-5H3/b25-16+. The SMILES string of the molecule is CCc1cc(OCC=C(Cl)Cl)cc(C)c1OCCCCCO/N=C/C(C)(C)C.